The average molecular weight is 236 g/mol. The second-order valence-corrected chi connectivity index (χ2v) is 4.24. The molecule has 0 fully saturated rings. The fraction of sp³-hybridized carbons (Fsp3) is 0.462. The van der Waals surface area contributed by atoms with Crippen LogP contribution in [0.25, 0.3) is 0 Å². The van der Waals surface area contributed by atoms with Gasteiger partial charge in [0, 0.05) is 19.7 Å². The minimum atomic E-state index is -0.0359. The number of nitrogens with one attached hydrogen (secondary N) is 1. The molecule has 1 unspecified atom stereocenters. The Hall–Kier alpha value is -1.39. The number of amides is 1. The first-order valence-electron chi connectivity index (χ1n) is 5.81. The second-order valence-electron chi connectivity index (χ2n) is 4.24. The van der Waals surface area contributed by atoms with Gasteiger partial charge >= 0.3 is 0 Å². The van der Waals surface area contributed by atoms with Crippen LogP contribution in [0, 0.1) is 5.92 Å². The molecule has 1 amide bonds. The van der Waals surface area contributed by atoms with Gasteiger partial charge in [-0.05, 0) is 17.0 Å². The summed E-state index contributed by atoms with van der Waals surface area (Å²) in [7, 11) is 0. The summed E-state index contributed by atoms with van der Waals surface area (Å²) in [5, 5.41) is 11.6. The highest BCUT2D eigenvalue weighted by atomic mass is 16.3. The van der Waals surface area contributed by atoms with Gasteiger partial charge in [0.05, 0.1) is 6.42 Å². The second kappa shape index (κ2) is 7.04. The molecule has 1 atom stereocenters. The largest absolute Gasteiger partial charge is 0.396 e. The van der Waals surface area contributed by atoms with Crippen LogP contribution in [-0.2, 0) is 17.8 Å². The normalized spacial score (nSPS) is 12.2. The van der Waals surface area contributed by atoms with Crippen molar-refractivity contribution in [1.29, 1.82) is 0 Å². The van der Waals surface area contributed by atoms with Gasteiger partial charge in [0.2, 0.25) is 5.91 Å². The summed E-state index contributed by atoms with van der Waals surface area (Å²) in [6.07, 6.45) is 0.339. The molecule has 0 heterocycles. The van der Waals surface area contributed by atoms with Crippen LogP contribution in [0.5, 0.6) is 0 Å². The first kappa shape index (κ1) is 13.7. The SMILES string of the molecule is CC(CO)CNC(=O)Cc1ccccc1CN. The minimum Gasteiger partial charge on any atom is -0.396 e. The van der Waals surface area contributed by atoms with Crippen LogP contribution in [0.1, 0.15) is 18.1 Å². The Balaban J connectivity index is 2.50. The lowest BCUT2D eigenvalue weighted by Gasteiger charge is -2.11. The molecule has 4 heteroatoms. The summed E-state index contributed by atoms with van der Waals surface area (Å²) in [4.78, 5) is 11.7. The molecule has 1 aromatic rings. The van der Waals surface area contributed by atoms with Gasteiger partial charge in [0.15, 0.2) is 0 Å². The molecule has 0 aliphatic carbocycles. The van der Waals surface area contributed by atoms with Crippen LogP contribution >= 0.6 is 0 Å². The van der Waals surface area contributed by atoms with Crippen LogP contribution in [0.4, 0.5) is 0 Å². The Morgan fingerprint density at radius 1 is 1.41 bits per heavy atom. The Bertz CT molecular complexity index is 366. The zero-order valence-corrected chi connectivity index (χ0v) is 10.1. The van der Waals surface area contributed by atoms with Crippen molar-refractivity contribution >= 4 is 5.91 Å². The van der Waals surface area contributed by atoms with E-state index in [1.54, 1.807) is 0 Å². The van der Waals surface area contributed by atoms with Gasteiger partial charge in [-0.25, -0.2) is 0 Å². The molecule has 0 radical (unpaired) electrons. The topological polar surface area (TPSA) is 75.3 Å². The minimum absolute atomic E-state index is 0.0359. The first-order chi connectivity index (χ1) is 8.17. The maximum Gasteiger partial charge on any atom is 0.224 e. The van der Waals surface area contributed by atoms with Crippen molar-refractivity contribution < 1.29 is 9.90 Å². The number of nitrogens with two attached hydrogens (primary N) is 1. The number of hydrogen-bond acceptors (Lipinski definition) is 3. The predicted molar refractivity (Wildman–Crippen MR) is 67.3 cm³/mol. The third kappa shape index (κ3) is 4.54. The van der Waals surface area contributed by atoms with Crippen molar-refractivity contribution in [2.45, 2.75) is 19.9 Å². The fourth-order valence-electron chi connectivity index (χ4n) is 1.52. The van der Waals surface area contributed by atoms with E-state index >= 15 is 0 Å². The summed E-state index contributed by atoms with van der Waals surface area (Å²) in [6.45, 7) is 2.91. The van der Waals surface area contributed by atoms with Gasteiger partial charge in [-0.3, -0.25) is 4.79 Å². The molecule has 0 aliphatic rings. The Morgan fingerprint density at radius 3 is 2.65 bits per heavy atom. The molecule has 0 aliphatic heterocycles. The average Bonchev–Trinajstić information content (AvgIpc) is 2.36. The van der Waals surface area contributed by atoms with E-state index in [-0.39, 0.29) is 18.4 Å². The zero-order chi connectivity index (χ0) is 12.7. The van der Waals surface area contributed by atoms with Crippen LogP contribution in [0.15, 0.2) is 24.3 Å². The molecular weight excluding hydrogens is 216 g/mol. The number of carbonyl (C=O) groups is 1. The number of aliphatic hydroxyl groups is 1. The Kier molecular flexibility index (Phi) is 5.66. The molecule has 0 bridgehead atoms. The van der Waals surface area contributed by atoms with Gasteiger partial charge in [-0.2, -0.15) is 0 Å². The highest BCUT2D eigenvalue weighted by Crippen LogP contribution is 2.08. The molecule has 0 saturated heterocycles. The third-order valence-electron chi connectivity index (χ3n) is 2.65. The molecule has 0 spiro atoms. The Labute approximate surface area is 102 Å². The molecule has 4 nitrogen and oxygen atoms in total. The molecule has 0 saturated carbocycles. The van der Waals surface area contributed by atoms with Crippen molar-refractivity contribution in [3.05, 3.63) is 35.4 Å². The fourth-order valence-corrected chi connectivity index (χ4v) is 1.52. The lowest BCUT2D eigenvalue weighted by atomic mass is 10.0. The van der Waals surface area contributed by atoms with Crippen molar-refractivity contribution in [2.24, 2.45) is 11.7 Å². The van der Waals surface area contributed by atoms with Gasteiger partial charge in [0.25, 0.3) is 0 Å². The number of benzene rings is 1. The molecule has 0 aromatic heterocycles. The molecule has 94 valence electrons. The van der Waals surface area contributed by atoms with E-state index < -0.39 is 0 Å². The van der Waals surface area contributed by atoms with E-state index in [2.05, 4.69) is 5.32 Å². The maximum absolute atomic E-state index is 11.7. The van der Waals surface area contributed by atoms with Gasteiger partial charge in [-0.1, -0.05) is 31.2 Å². The van der Waals surface area contributed by atoms with Crippen molar-refractivity contribution in [3.63, 3.8) is 0 Å². The number of carbonyl (C=O) groups excluding carboxylic acids is 1. The van der Waals surface area contributed by atoms with Crippen LogP contribution in [-0.4, -0.2) is 24.2 Å². The predicted octanol–water partition coefficient (Wildman–Crippen LogP) is 0.432. The molecule has 4 N–H and O–H groups in total. The summed E-state index contributed by atoms with van der Waals surface area (Å²) < 4.78 is 0. The van der Waals surface area contributed by atoms with Crippen LogP contribution < -0.4 is 11.1 Å². The van der Waals surface area contributed by atoms with Crippen LogP contribution in [0.2, 0.25) is 0 Å². The third-order valence-corrected chi connectivity index (χ3v) is 2.65. The number of aliphatic hydroxyl groups excluding tert-OH is 1. The molecule has 1 aromatic carbocycles. The Morgan fingerprint density at radius 2 is 2.06 bits per heavy atom. The van der Waals surface area contributed by atoms with E-state index in [9.17, 15) is 4.79 Å². The van der Waals surface area contributed by atoms with Gasteiger partial charge < -0.3 is 16.2 Å². The molecule has 17 heavy (non-hydrogen) atoms. The van der Waals surface area contributed by atoms with E-state index in [1.165, 1.54) is 0 Å². The van der Waals surface area contributed by atoms with Gasteiger partial charge in [-0.15, -0.1) is 0 Å². The van der Waals surface area contributed by atoms with Crippen LogP contribution in [0.3, 0.4) is 0 Å². The lowest BCUT2D eigenvalue weighted by Crippen LogP contribution is -2.31. The lowest BCUT2D eigenvalue weighted by molar-refractivity contribution is -0.120. The highest BCUT2D eigenvalue weighted by molar-refractivity contribution is 5.78. The van der Waals surface area contributed by atoms with Crippen molar-refractivity contribution in [1.82, 2.24) is 5.32 Å². The molecular formula is C13H20N2O2. The number of rotatable bonds is 6. The first-order valence-corrected chi connectivity index (χ1v) is 5.81. The summed E-state index contributed by atoms with van der Waals surface area (Å²) >= 11 is 0. The number of hydrogen-bond donors (Lipinski definition) is 3. The standard InChI is InChI=1S/C13H20N2O2/c1-10(9-16)8-15-13(17)6-11-4-2-3-5-12(11)7-14/h2-5,10,16H,6-9,14H2,1H3,(H,15,17). The van der Waals surface area contributed by atoms with E-state index in [0.29, 0.717) is 19.5 Å². The van der Waals surface area contributed by atoms with Crippen molar-refractivity contribution in [3.8, 4) is 0 Å². The van der Waals surface area contributed by atoms with E-state index in [0.717, 1.165) is 11.1 Å². The highest BCUT2D eigenvalue weighted by Gasteiger charge is 2.08. The smallest absolute Gasteiger partial charge is 0.224 e. The monoisotopic (exact) mass is 236 g/mol. The van der Waals surface area contributed by atoms with Gasteiger partial charge in [0.1, 0.15) is 0 Å². The summed E-state index contributed by atoms with van der Waals surface area (Å²) in [5.74, 6) is 0.0508. The van der Waals surface area contributed by atoms with E-state index in [4.69, 9.17) is 10.8 Å². The quantitative estimate of drug-likeness (QED) is 0.670. The maximum atomic E-state index is 11.7. The summed E-state index contributed by atoms with van der Waals surface area (Å²) in [6, 6.07) is 7.66. The summed E-state index contributed by atoms with van der Waals surface area (Å²) in [5.41, 5.74) is 7.57. The zero-order valence-electron chi connectivity index (χ0n) is 10.1. The van der Waals surface area contributed by atoms with Crippen molar-refractivity contribution in [2.75, 3.05) is 13.2 Å². The van der Waals surface area contributed by atoms with E-state index in [1.807, 2.05) is 31.2 Å². The molecule has 1 rings (SSSR count).